The smallest absolute Gasteiger partial charge is 0.308 e. The molecule has 1 atom stereocenters. The molecule has 1 aliphatic rings. The molecule has 102 valence electrons. The number of anilines is 1. The second-order valence-electron chi connectivity index (χ2n) is 4.75. The van der Waals surface area contributed by atoms with Crippen molar-refractivity contribution in [1.29, 1.82) is 0 Å². The molecule has 1 aromatic rings. The molecule has 0 aliphatic carbocycles. The summed E-state index contributed by atoms with van der Waals surface area (Å²) in [5.41, 5.74) is 1.65. The maximum Gasteiger partial charge on any atom is 0.308 e. The fourth-order valence-electron chi connectivity index (χ4n) is 2.29. The third-order valence-corrected chi connectivity index (χ3v) is 3.39. The number of hydrogen-bond donors (Lipinski definition) is 1. The molecule has 5 heteroatoms. The van der Waals surface area contributed by atoms with Crippen molar-refractivity contribution in [3.05, 3.63) is 23.8 Å². The van der Waals surface area contributed by atoms with E-state index in [1.54, 1.807) is 6.07 Å². The van der Waals surface area contributed by atoms with E-state index >= 15 is 0 Å². The number of ether oxygens (including phenoxy) is 1. The molecule has 19 heavy (non-hydrogen) atoms. The van der Waals surface area contributed by atoms with Gasteiger partial charge in [0.2, 0.25) is 5.91 Å². The summed E-state index contributed by atoms with van der Waals surface area (Å²) in [4.78, 5) is 24.6. The lowest BCUT2D eigenvalue weighted by Gasteiger charge is -2.31. The molecular formula is C14H17NO4. The van der Waals surface area contributed by atoms with Crippen LogP contribution < -0.4 is 9.64 Å². The van der Waals surface area contributed by atoms with Crippen LogP contribution in [0.2, 0.25) is 0 Å². The summed E-state index contributed by atoms with van der Waals surface area (Å²) in [6, 6.07) is 5.54. The molecule has 1 aromatic carbocycles. The number of aliphatic carboxylic acids is 1. The fourth-order valence-corrected chi connectivity index (χ4v) is 2.29. The largest absolute Gasteiger partial charge is 0.495 e. The molecule has 1 N–H and O–H groups in total. The zero-order valence-corrected chi connectivity index (χ0v) is 11.0. The summed E-state index contributed by atoms with van der Waals surface area (Å²) in [5, 5.41) is 9.10. The zero-order chi connectivity index (χ0) is 14.0. The van der Waals surface area contributed by atoms with E-state index in [-0.39, 0.29) is 18.9 Å². The number of rotatable bonds is 3. The van der Waals surface area contributed by atoms with E-state index in [2.05, 4.69) is 0 Å². The van der Waals surface area contributed by atoms with E-state index in [1.165, 1.54) is 12.0 Å². The van der Waals surface area contributed by atoms with Crippen molar-refractivity contribution in [2.45, 2.75) is 19.8 Å². The molecule has 1 amide bonds. The highest BCUT2D eigenvalue weighted by Gasteiger charge is 2.32. The molecule has 2 rings (SSSR count). The highest BCUT2D eigenvalue weighted by atomic mass is 16.5. The third kappa shape index (κ3) is 2.70. The summed E-state index contributed by atoms with van der Waals surface area (Å²) < 4.78 is 5.26. The Balaban J connectivity index is 2.35. The van der Waals surface area contributed by atoms with E-state index in [0.29, 0.717) is 17.9 Å². The van der Waals surface area contributed by atoms with Crippen LogP contribution in [0.4, 0.5) is 5.69 Å². The summed E-state index contributed by atoms with van der Waals surface area (Å²) in [7, 11) is 1.54. The molecule has 5 nitrogen and oxygen atoms in total. The third-order valence-electron chi connectivity index (χ3n) is 3.39. The van der Waals surface area contributed by atoms with Gasteiger partial charge in [0.25, 0.3) is 0 Å². The first kappa shape index (κ1) is 13.4. The number of carboxylic acids is 1. The van der Waals surface area contributed by atoms with Crippen molar-refractivity contribution >= 4 is 17.6 Å². The number of carbonyl (C=O) groups is 2. The van der Waals surface area contributed by atoms with Crippen molar-refractivity contribution in [2.75, 3.05) is 18.6 Å². The van der Waals surface area contributed by atoms with Crippen LogP contribution in [-0.4, -0.2) is 30.6 Å². The molecule has 0 bridgehead atoms. The minimum atomic E-state index is -0.857. The first-order valence-electron chi connectivity index (χ1n) is 6.20. The van der Waals surface area contributed by atoms with Gasteiger partial charge in [0, 0.05) is 13.0 Å². The Morgan fingerprint density at radius 3 is 2.84 bits per heavy atom. The van der Waals surface area contributed by atoms with Gasteiger partial charge in [-0.3, -0.25) is 9.59 Å². The molecule has 1 fully saturated rings. The lowest BCUT2D eigenvalue weighted by atomic mass is 9.97. The number of amides is 1. The van der Waals surface area contributed by atoms with Gasteiger partial charge < -0.3 is 14.7 Å². The average molecular weight is 263 g/mol. The van der Waals surface area contributed by atoms with Crippen molar-refractivity contribution < 1.29 is 19.4 Å². The maximum absolute atomic E-state index is 12.0. The summed E-state index contributed by atoms with van der Waals surface area (Å²) in [5.74, 6) is -0.835. The Bertz CT molecular complexity index is 512. The Kier molecular flexibility index (Phi) is 3.74. The van der Waals surface area contributed by atoms with E-state index in [1.807, 2.05) is 19.1 Å². The van der Waals surface area contributed by atoms with E-state index < -0.39 is 11.9 Å². The van der Waals surface area contributed by atoms with Gasteiger partial charge in [-0.05, 0) is 31.0 Å². The van der Waals surface area contributed by atoms with Gasteiger partial charge in [-0.2, -0.15) is 0 Å². The molecule has 1 unspecified atom stereocenters. The molecular weight excluding hydrogens is 246 g/mol. The average Bonchev–Trinajstić information content (AvgIpc) is 2.39. The van der Waals surface area contributed by atoms with E-state index in [4.69, 9.17) is 9.84 Å². The molecule has 0 radical (unpaired) electrons. The highest BCUT2D eigenvalue weighted by Crippen LogP contribution is 2.33. The standard InChI is InChI=1S/C14H17NO4/c1-9-3-5-12(19-2)11(7-9)15-8-10(14(17)18)4-6-13(15)16/h3,5,7,10H,4,6,8H2,1-2H3,(H,17,18). The fraction of sp³-hybridized carbons (Fsp3) is 0.429. The highest BCUT2D eigenvalue weighted by molar-refractivity contribution is 5.97. The van der Waals surface area contributed by atoms with Gasteiger partial charge in [-0.1, -0.05) is 6.07 Å². The van der Waals surface area contributed by atoms with Gasteiger partial charge in [0.1, 0.15) is 5.75 Å². The molecule has 1 saturated heterocycles. The molecule has 0 spiro atoms. The van der Waals surface area contributed by atoms with Crippen molar-refractivity contribution in [2.24, 2.45) is 5.92 Å². The monoisotopic (exact) mass is 263 g/mol. The van der Waals surface area contributed by atoms with Crippen LogP contribution >= 0.6 is 0 Å². The number of methoxy groups -OCH3 is 1. The lowest BCUT2D eigenvalue weighted by Crippen LogP contribution is -2.42. The van der Waals surface area contributed by atoms with Crippen LogP contribution in [0.3, 0.4) is 0 Å². The number of nitrogens with zero attached hydrogens (tertiary/aromatic N) is 1. The second-order valence-corrected chi connectivity index (χ2v) is 4.75. The summed E-state index contributed by atoms with van der Waals surface area (Å²) in [6.45, 7) is 2.13. The normalized spacial score (nSPS) is 19.4. The lowest BCUT2D eigenvalue weighted by molar-refractivity contribution is -0.142. The quantitative estimate of drug-likeness (QED) is 0.903. The summed E-state index contributed by atoms with van der Waals surface area (Å²) in [6.07, 6.45) is 0.660. The maximum atomic E-state index is 12.0. The molecule has 1 heterocycles. The van der Waals surface area contributed by atoms with Gasteiger partial charge in [0.05, 0.1) is 18.7 Å². The second kappa shape index (κ2) is 5.30. The van der Waals surface area contributed by atoms with Crippen LogP contribution in [0.1, 0.15) is 18.4 Å². The SMILES string of the molecule is COc1ccc(C)cc1N1CC(C(=O)O)CCC1=O. The van der Waals surface area contributed by atoms with Gasteiger partial charge >= 0.3 is 5.97 Å². The first-order chi connectivity index (χ1) is 9.02. The van der Waals surface area contributed by atoms with Crippen LogP contribution in [0, 0.1) is 12.8 Å². The van der Waals surface area contributed by atoms with Crippen LogP contribution in [0.5, 0.6) is 5.75 Å². The molecule has 0 aromatic heterocycles. The number of benzene rings is 1. The van der Waals surface area contributed by atoms with Crippen molar-refractivity contribution in [1.82, 2.24) is 0 Å². The number of aryl methyl sites for hydroxylation is 1. The van der Waals surface area contributed by atoms with Gasteiger partial charge in [-0.25, -0.2) is 0 Å². The molecule has 1 aliphatic heterocycles. The number of piperidine rings is 1. The van der Waals surface area contributed by atoms with Crippen molar-refractivity contribution in [3.8, 4) is 5.75 Å². The van der Waals surface area contributed by atoms with Crippen LogP contribution in [0.15, 0.2) is 18.2 Å². The van der Waals surface area contributed by atoms with E-state index in [0.717, 1.165) is 5.56 Å². The first-order valence-corrected chi connectivity index (χ1v) is 6.20. The van der Waals surface area contributed by atoms with E-state index in [9.17, 15) is 9.59 Å². The Morgan fingerprint density at radius 1 is 1.47 bits per heavy atom. The Hall–Kier alpha value is -2.04. The zero-order valence-electron chi connectivity index (χ0n) is 11.0. The predicted octanol–water partition coefficient (Wildman–Crippen LogP) is 1.83. The minimum Gasteiger partial charge on any atom is -0.495 e. The number of carbonyl (C=O) groups excluding carboxylic acids is 1. The number of hydrogen-bond acceptors (Lipinski definition) is 3. The Morgan fingerprint density at radius 2 is 2.21 bits per heavy atom. The number of carboxylic acid groups (broad SMARTS) is 1. The van der Waals surface area contributed by atoms with Crippen LogP contribution in [-0.2, 0) is 9.59 Å². The molecule has 0 saturated carbocycles. The Labute approximate surface area is 111 Å². The predicted molar refractivity (Wildman–Crippen MR) is 70.4 cm³/mol. The van der Waals surface area contributed by atoms with Crippen LogP contribution in [0.25, 0.3) is 0 Å². The topological polar surface area (TPSA) is 66.8 Å². The van der Waals surface area contributed by atoms with Gasteiger partial charge in [-0.15, -0.1) is 0 Å². The van der Waals surface area contributed by atoms with Crippen molar-refractivity contribution in [3.63, 3.8) is 0 Å². The summed E-state index contributed by atoms with van der Waals surface area (Å²) >= 11 is 0. The minimum absolute atomic E-state index is 0.0543. The van der Waals surface area contributed by atoms with Gasteiger partial charge in [0.15, 0.2) is 0 Å².